The van der Waals surface area contributed by atoms with Crippen molar-refractivity contribution in [1.29, 1.82) is 0 Å². The smallest absolute Gasteiger partial charge is 0.244 e. The van der Waals surface area contributed by atoms with Gasteiger partial charge in [0.15, 0.2) is 0 Å². The highest BCUT2D eigenvalue weighted by Crippen LogP contribution is 2.23. The van der Waals surface area contributed by atoms with Crippen LogP contribution in [0.25, 0.3) is 5.57 Å². The number of allylic oxidation sites excluding steroid dienone is 1. The average molecular weight is 387 g/mol. The number of nitrogens with two attached hydrogens (primary N) is 1. The molecule has 0 bridgehead atoms. The Balaban J connectivity index is 1.97. The van der Waals surface area contributed by atoms with E-state index in [1.165, 1.54) is 17.7 Å². The van der Waals surface area contributed by atoms with Gasteiger partial charge in [0.1, 0.15) is 0 Å². The maximum absolute atomic E-state index is 12.3. The van der Waals surface area contributed by atoms with Gasteiger partial charge in [0.2, 0.25) is 15.9 Å². The number of hydrogen-bond donors (Lipinski definition) is 2. The number of sulfonamides is 1. The number of primary sulfonamides is 1. The highest BCUT2D eigenvalue weighted by atomic mass is 32.2. The molecule has 0 spiro atoms. The summed E-state index contributed by atoms with van der Waals surface area (Å²) in [4.78, 5) is 12.4. The van der Waals surface area contributed by atoms with E-state index in [2.05, 4.69) is 19.2 Å². The molecule has 6 heteroatoms. The summed E-state index contributed by atoms with van der Waals surface area (Å²) in [6, 6.07) is 14.5. The molecule has 0 saturated heterocycles. The van der Waals surface area contributed by atoms with Gasteiger partial charge in [-0.2, -0.15) is 0 Å². The van der Waals surface area contributed by atoms with Crippen molar-refractivity contribution in [1.82, 2.24) is 5.32 Å². The van der Waals surface area contributed by atoms with Crippen LogP contribution in [-0.4, -0.2) is 20.9 Å². The van der Waals surface area contributed by atoms with Crippen LogP contribution in [0, 0.1) is 12.8 Å². The first-order chi connectivity index (χ1) is 12.7. The molecule has 1 amide bonds. The minimum absolute atomic E-state index is 0.0814. The number of amides is 1. The van der Waals surface area contributed by atoms with Crippen LogP contribution < -0.4 is 10.5 Å². The van der Waals surface area contributed by atoms with E-state index in [-0.39, 0.29) is 16.7 Å². The van der Waals surface area contributed by atoms with Gasteiger partial charge in [-0.15, -0.1) is 0 Å². The first kappa shape index (κ1) is 20.9. The summed E-state index contributed by atoms with van der Waals surface area (Å²) in [7, 11) is -3.68. The van der Waals surface area contributed by atoms with Gasteiger partial charge in [0.25, 0.3) is 0 Å². The molecule has 0 aliphatic carbocycles. The number of nitrogens with one attached hydrogen (secondary N) is 1. The highest BCUT2D eigenvalue weighted by Gasteiger charge is 2.10. The van der Waals surface area contributed by atoms with Crippen molar-refractivity contribution < 1.29 is 13.2 Å². The fraction of sp³-hybridized carbons (Fsp3) is 0.286. The van der Waals surface area contributed by atoms with E-state index in [0.717, 1.165) is 16.7 Å². The molecule has 27 heavy (non-hydrogen) atoms. The standard InChI is InChI=1S/C21H26N2O3S/c1-15(2)20(18-8-4-16(3)5-9-18)14-21(24)23-13-12-17-6-10-19(11-7-17)27(22,25)26/h4-11,14-15H,12-13H2,1-3H3,(H,23,24)(H2,22,25,26)/b20-14+. The van der Waals surface area contributed by atoms with Gasteiger partial charge in [0.05, 0.1) is 4.90 Å². The Hall–Kier alpha value is -2.44. The molecule has 0 heterocycles. The summed E-state index contributed by atoms with van der Waals surface area (Å²) in [6.07, 6.45) is 2.26. The molecule has 2 rings (SSSR count). The van der Waals surface area contributed by atoms with Crippen LogP contribution in [0.2, 0.25) is 0 Å². The molecule has 5 nitrogen and oxygen atoms in total. The maximum atomic E-state index is 12.3. The molecule has 0 unspecified atom stereocenters. The summed E-state index contributed by atoms with van der Waals surface area (Å²) < 4.78 is 22.5. The molecule has 2 aromatic carbocycles. The number of carbonyl (C=O) groups is 1. The van der Waals surface area contributed by atoms with Gasteiger partial charge >= 0.3 is 0 Å². The Morgan fingerprint density at radius 3 is 2.19 bits per heavy atom. The van der Waals surface area contributed by atoms with E-state index in [0.29, 0.717) is 13.0 Å². The minimum atomic E-state index is -3.68. The van der Waals surface area contributed by atoms with Crippen LogP contribution in [-0.2, 0) is 21.2 Å². The number of rotatable bonds is 7. The maximum Gasteiger partial charge on any atom is 0.244 e. The van der Waals surface area contributed by atoms with Gasteiger partial charge < -0.3 is 5.32 Å². The van der Waals surface area contributed by atoms with Crippen LogP contribution in [0.3, 0.4) is 0 Å². The number of hydrogen-bond acceptors (Lipinski definition) is 3. The van der Waals surface area contributed by atoms with Crippen molar-refractivity contribution in [2.45, 2.75) is 32.1 Å². The predicted octanol–water partition coefficient (Wildman–Crippen LogP) is 3.04. The molecular weight excluding hydrogens is 360 g/mol. The van der Waals surface area contributed by atoms with Crippen molar-refractivity contribution >= 4 is 21.5 Å². The second-order valence-corrected chi connectivity index (χ2v) is 8.41. The molecule has 0 aliphatic rings. The summed E-state index contributed by atoms with van der Waals surface area (Å²) in [6.45, 7) is 6.62. The van der Waals surface area contributed by atoms with Crippen molar-refractivity contribution in [3.63, 3.8) is 0 Å². The Kier molecular flexibility index (Phi) is 6.93. The Labute approximate surface area is 161 Å². The number of carbonyl (C=O) groups excluding carboxylic acids is 1. The molecule has 0 aliphatic heterocycles. The topological polar surface area (TPSA) is 89.3 Å². The van der Waals surface area contributed by atoms with E-state index >= 15 is 0 Å². The lowest BCUT2D eigenvalue weighted by Gasteiger charge is -2.12. The van der Waals surface area contributed by atoms with Gasteiger partial charge in [-0.3, -0.25) is 4.79 Å². The lowest BCUT2D eigenvalue weighted by atomic mass is 9.94. The Morgan fingerprint density at radius 2 is 1.67 bits per heavy atom. The predicted molar refractivity (Wildman–Crippen MR) is 109 cm³/mol. The van der Waals surface area contributed by atoms with E-state index in [9.17, 15) is 13.2 Å². The number of aryl methyl sites for hydroxylation is 1. The van der Waals surface area contributed by atoms with Crippen LogP contribution in [0.15, 0.2) is 59.5 Å². The molecule has 0 aromatic heterocycles. The molecule has 0 fully saturated rings. The zero-order valence-electron chi connectivity index (χ0n) is 15.9. The third-order valence-corrected chi connectivity index (χ3v) is 5.19. The quantitative estimate of drug-likeness (QED) is 0.717. The zero-order chi connectivity index (χ0) is 20.0. The van der Waals surface area contributed by atoms with E-state index in [1.54, 1.807) is 18.2 Å². The average Bonchev–Trinajstić information content (AvgIpc) is 2.60. The fourth-order valence-electron chi connectivity index (χ4n) is 2.70. The van der Waals surface area contributed by atoms with Gasteiger partial charge in [0, 0.05) is 12.6 Å². The molecule has 3 N–H and O–H groups in total. The highest BCUT2D eigenvalue weighted by molar-refractivity contribution is 7.89. The van der Waals surface area contributed by atoms with E-state index in [1.807, 2.05) is 31.2 Å². The van der Waals surface area contributed by atoms with Gasteiger partial charge in [-0.1, -0.05) is 55.8 Å². The van der Waals surface area contributed by atoms with E-state index < -0.39 is 10.0 Å². The summed E-state index contributed by atoms with van der Waals surface area (Å²) in [5.41, 5.74) is 4.14. The minimum Gasteiger partial charge on any atom is -0.352 e. The third-order valence-electron chi connectivity index (χ3n) is 4.26. The summed E-state index contributed by atoms with van der Waals surface area (Å²) in [5.74, 6) is 0.0876. The number of benzene rings is 2. The largest absolute Gasteiger partial charge is 0.352 e. The molecule has 0 saturated carbocycles. The van der Waals surface area contributed by atoms with Crippen LogP contribution in [0.5, 0.6) is 0 Å². The first-order valence-corrected chi connectivity index (χ1v) is 10.4. The molecular formula is C21H26N2O3S. The monoisotopic (exact) mass is 386 g/mol. The van der Waals surface area contributed by atoms with Gasteiger partial charge in [-0.05, 0) is 48.1 Å². The van der Waals surface area contributed by atoms with Crippen molar-refractivity contribution in [3.8, 4) is 0 Å². The third kappa shape index (κ3) is 6.34. The molecule has 144 valence electrons. The lowest BCUT2D eigenvalue weighted by Crippen LogP contribution is -2.24. The van der Waals surface area contributed by atoms with Crippen LogP contribution in [0.1, 0.15) is 30.5 Å². The molecule has 0 atom stereocenters. The van der Waals surface area contributed by atoms with E-state index in [4.69, 9.17) is 5.14 Å². The summed E-state index contributed by atoms with van der Waals surface area (Å²) in [5, 5.41) is 7.97. The Morgan fingerprint density at radius 1 is 1.07 bits per heavy atom. The Bertz CT molecular complexity index is 913. The van der Waals surface area contributed by atoms with Gasteiger partial charge in [-0.25, -0.2) is 13.6 Å². The fourth-order valence-corrected chi connectivity index (χ4v) is 3.21. The van der Waals surface area contributed by atoms with Crippen molar-refractivity contribution in [2.24, 2.45) is 11.1 Å². The second kappa shape index (κ2) is 8.97. The first-order valence-electron chi connectivity index (χ1n) is 8.85. The van der Waals surface area contributed by atoms with Crippen LogP contribution >= 0.6 is 0 Å². The van der Waals surface area contributed by atoms with Crippen molar-refractivity contribution in [2.75, 3.05) is 6.54 Å². The van der Waals surface area contributed by atoms with Crippen LogP contribution in [0.4, 0.5) is 0 Å². The lowest BCUT2D eigenvalue weighted by molar-refractivity contribution is -0.116. The normalized spacial score (nSPS) is 12.3. The molecule has 2 aromatic rings. The molecule has 0 radical (unpaired) electrons. The zero-order valence-corrected chi connectivity index (χ0v) is 16.7. The summed E-state index contributed by atoms with van der Waals surface area (Å²) >= 11 is 0. The second-order valence-electron chi connectivity index (χ2n) is 6.85. The SMILES string of the molecule is Cc1ccc(/C(=C/C(=O)NCCc2ccc(S(N)(=O)=O)cc2)C(C)C)cc1. The van der Waals surface area contributed by atoms with Crippen molar-refractivity contribution in [3.05, 3.63) is 71.3 Å².